The highest BCUT2D eigenvalue weighted by atomic mass is 32.2. The second-order valence-corrected chi connectivity index (χ2v) is 9.80. The number of hydrogen-bond acceptors (Lipinski definition) is 4. The molecular formula is C20H31N3O3S. The predicted molar refractivity (Wildman–Crippen MR) is 107 cm³/mol. The molecule has 1 aliphatic carbocycles. The van der Waals surface area contributed by atoms with Crippen LogP contribution in [0.3, 0.4) is 0 Å². The third kappa shape index (κ3) is 5.53. The minimum atomic E-state index is -3.16. The average molecular weight is 394 g/mol. The molecule has 1 heterocycles. The third-order valence-corrected chi connectivity index (χ3v) is 6.94. The van der Waals surface area contributed by atoms with E-state index in [1.165, 1.54) is 34.5 Å². The van der Waals surface area contributed by atoms with Crippen molar-refractivity contribution in [3.05, 3.63) is 34.9 Å². The van der Waals surface area contributed by atoms with E-state index < -0.39 is 10.0 Å². The van der Waals surface area contributed by atoms with Gasteiger partial charge < -0.3 is 5.32 Å². The molecule has 1 amide bonds. The summed E-state index contributed by atoms with van der Waals surface area (Å²) >= 11 is 0. The fraction of sp³-hybridized carbons (Fsp3) is 0.650. The van der Waals surface area contributed by atoms with E-state index in [2.05, 4.69) is 23.5 Å². The van der Waals surface area contributed by atoms with E-state index in [0.29, 0.717) is 26.2 Å². The Balaban J connectivity index is 1.53. The second kappa shape index (κ2) is 8.71. The first kappa shape index (κ1) is 20.3. The smallest absolute Gasteiger partial charge is 0.234 e. The Morgan fingerprint density at radius 2 is 1.81 bits per heavy atom. The van der Waals surface area contributed by atoms with Gasteiger partial charge in [0, 0.05) is 19.6 Å². The van der Waals surface area contributed by atoms with Crippen LogP contribution in [0.4, 0.5) is 0 Å². The van der Waals surface area contributed by atoms with Crippen molar-refractivity contribution in [3.8, 4) is 0 Å². The van der Waals surface area contributed by atoms with Crippen LogP contribution in [0.15, 0.2) is 18.2 Å². The molecule has 1 fully saturated rings. The molecule has 1 aromatic carbocycles. The lowest BCUT2D eigenvalue weighted by Crippen LogP contribution is -2.40. The molecule has 1 aromatic rings. The highest BCUT2D eigenvalue weighted by Gasteiger charge is 2.23. The summed E-state index contributed by atoms with van der Waals surface area (Å²) in [5, 5.41) is 3.10. The first-order chi connectivity index (χ1) is 12.8. The van der Waals surface area contributed by atoms with E-state index >= 15 is 0 Å². The van der Waals surface area contributed by atoms with Crippen LogP contribution >= 0.6 is 0 Å². The molecule has 3 rings (SSSR count). The molecule has 0 saturated carbocycles. The van der Waals surface area contributed by atoms with Crippen LogP contribution in [-0.2, 0) is 27.7 Å². The standard InChI is InChI=1S/C20H31N3O3S/c1-16(18-9-8-17-6-3-4-7-19(17)14-18)21-20(24)15-22-10-5-11-23(13-12-22)27(2,25)26/h8-9,14,16H,3-7,10-13,15H2,1-2H3,(H,21,24). The monoisotopic (exact) mass is 393 g/mol. The molecule has 1 atom stereocenters. The average Bonchev–Trinajstić information content (AvgIpc) is 2.86. The Labute approximate surface area is 163 Å². The van der Waals surface area contributed by atoms with E-state index in [-0.39, 0.29) is 11.9 Å². The molecule has 2 aliphatic rings. The van der Waals surface area contributed by atoms with Gasteiger partial charge in [0.1, 0.15) is 0 Å². The molecule has 0 bridgehead atoms. The third-order valence-electron chi connectivity index (χ3n) is 5.63. The Bertz CT molecular complexity index is 779. The summed E-state index contributed by atoms with van der Waals surface area (Å²) in [5.74, 6) is -0.00646. The van der Waals surface area contributed by atoms with Crippen LogP contribution in [0.25, 0.3) is 0 Å². The molecule has 6 nitrogen and oxygen atoms in total. The van der Waals surface area contributed by atoms with Crippen molar-refractivity contribution in [2.24, 2.45) is 0 Å². The minimum Gasteiger partial charge on any atom is -0.348 e. The number of amides is 1. The van der Waals surface area contributed by atoms with Gasteiger partial charge in [-0.1, -0.05) is 18.2 Å². The second-order valence-electron chi connectivity index (χ2n) is 7.82. The van der Waals surface area contributed by atoms with Gasteiger partial charge in [0.25, 0.3) is 0 Å². The number of sulfonamides is 1. The lowest BCUT2D eigenvalue weighted by atomic mass is 9.89. The number of carbonyl (C=O) groups is 1. The van der Waals surface area contributed by atoms with Crippen molar-refractivity contribution < 1.29 is 13.2 Å². The number of benzene rings is 1. The molecule has 0 radical (unpaired) electrons. The fourth-order valence-corrected chi connectivity index (χ4v) is 4.91. The van der Waals surface area contributed by atoms with E-state index in [9.17, 15) is 13.2 Å². The van der Waals surface area contributed by atoms with Gasteiger partial charge in [-0.2, -0.15) is 0 Å². The summed E-state index contributed by atoms with van der Waals surface area (Å²) in [6, 6.07) is 6.56. The zero-order valence-corrected chi connectivity index (χ0v) is 17.2. The van der Waals surface area contributed by atoms with Gasteiger partial charge in [-0.3, -0.25) is 9.69 Å². The topological polar surface area (TPSA) is 69.7 Å². The first-order valence-electron chi connectivity index (χ1n) is 9.91. The predicted octanol–water partition coefficient (Wildman–Crippen LogP) is 1.71. The molecule has 1 aliphatic heterocycles. The van der Waals surface area contributed by atoms with Crippen LogP contribution in [0.1, 0.15) is 48.9 Å². The number of hydrogen-bond donors (Lipinski definition) is 1. The van der Waals surface area contributed by atoms with Gasteiger partial charge in [0.05, 0.1) is 18.8 Å². The highest BCUT2D eigenvalue weighted by molar-refractivity contribution is 7.88. The van der Waals surface area contributed by atoms with Crippen LogP contribution in [-0.4, -0.2) is 62.5 Å². The van der Waals surface area contributed by atoms with Crippen molar-refractivity contribution in [2.75, 3.05) is 39.0 Å². The van der Waals surface area contributed by atoms with Crippen molar-refractivity contribution >= 4 is 15.9 Å². The number of carbonyl (C=O) groups excluding carboxylic acids is 1. The maximum absolute atomic E-state index is 12.5. The molecule has 1 saturated heterocycles. The van der Waals surface area contributed by atoms with Gasteiger partial charge in [0.15, 0.2) is 0 Å². The van der Waals surface area contributed by atoms with Gasteiger partial charge in [-0.25, -0.2) is 12.7 Å². The zero-order valence-electron chi connectivity index (χ0n) is 16.4. The van der Waals surface area contributed by atoms with Gasteiger partial charge in [0.2, 0.25) is 15.9 Å². The largest absolute Gasteiger partial charge is 0.348 e. The van der Waals surface area contributed by atoms with Crippen molar-refractivity contribution in [1.29, 1.82) is 0 Å². The quantitative estimate of drug-likeness (QED) is 0.827. The Hall–Kier alpha value is -1.44. The number of rotatable bonds is 5. The number of aryl methyl sites for hydroxylation is 2. The molecule has 7 heteroatoms. The molecule has 150 valence electrons. The minimum absolute atomic E-state index is 0.00646. The van der Waals surface area contributed by atoms with Gasteiger partial charge in [-0.05, 0) is 62.3 Å². The van der Waals surface area contributed by atoms with E-state index in [4.69, 9.17) is 0 Å². The molecule has 0 aromatic heterocycles. The Morgan fingerprint density at radius 3 is 2.56 bits per heavy atom. The van der Waals surface area contributed by atoms with Gasteiger partial charge >= 0.3 is 0 Å². The summed E-state index contributed by atoms with van der Waals surface area (Å²) in [6.07, 6.45) is 6.81. The molecule has 0 spiro atoms. The summed E-state index contributed by atoms with van der Waals surface area (Å²) in [5.41, 5.74) is 4.03. The Kier molecular flexibility index (Phi) is 6.55. The maximum Gasteiger partial charge on any atom is 0.234 e. The van der Waals surface area contributed by atoms with Crippen LogP contribution < -0.4 is 5.32 Å². The lowest BCUT2D eigenvalue weighted by Gasteiger charge is -2.23. The maximum atomic E-state index is 12.5. The van der Waals surface area contributed by atoms with Gasteiger partial charge in [-0.15, -0.1) is 0 Å². The van der Waals surface area contributed by atoms with Crippen molar-refractivity contribution in [2.45, 2.75) is 45.1 Å². The molecule has 1 unspecified atom stereocenters. The van der Waals surface area contributed by atoms with E-state index in [1.54, 1.807) is 0 Å². The van der Waals surface area contributed by atoms with Crippen LogP contribution in [0, 0.1) is 0 Å². The summed E-state index contributed by atoms with van der Waals surface area (Å²) in [6.45, 7) is 4.65. The first-order valence-corrected chi connectivity index (χ1v) is 11.8. The fourth-order valence-electron chi connectivity index (χ4n) is 4.03. The summed E-state index contributed by atoms with van der Waals surface area (Å²) in [4.78, 5) is 14.5. The SMILES string of the molecule is CC(NC(=O)CN1CCCN(S(C)(=O)=O)CC1)c1ccc2c(c1)CCCC2. The van der Waals surface area contributed by atoms with Crippen molar-refractivity contribution in [3.63, 3.8) is 0 Å². The van der Waals surface area contributed by atoms with Crippen LogP contribution in [0.2, 0.25) is 0 Å². The number of nitrogens with zero attached hydrogens (tertiary/aromatic N) is 2. The van der Waals surface area contributed by atoms with Crippen molar-refractivity contribution in [1.82, 2.24) is 14.5 Å². The van der Waals surface area contributed by atoms with Crippen LogP contribution in [0.5, 0.6) is 0 Å². The normalized spacial score (nSPS) is 20.5. The summed E-state index contributed by atoms with van der Waals surface area (Å²) < 4.78 is 24.9. The Morgan fingerprint density at radius 1 is 1.07 bits per heavy atom. The summed E-state index contributed by atoms with van der Waals surface area (Å²) in [7, 11) is -3.16. The molecular weight excluding hydrogens is 362 g/mol. The van der Waals surface area contributed by atoms with E-state index in [0.717, 1.165) is 31.4 Å². The number of fused-ring (bicyclic) bond motifs is 1. The highest BCUT2D eigenvalue weighted by Crippen LogP contribution is 2.24. The van der Waals surface area contributed by atoms with E-state index in [1.807, 2.05) is 11.8 Å². The molecule has 1 N–H and O–H groups in total. The molecule has 27 heavy (non-hydrogen) atoms. The number of nitrogens with one attached hydrogen (secondary N) is 1. The lowest BCUT2D eigenvalue weighted by molar-refractivity contribution is -0.122. The zero-order chi connectivity index (χ0) is 19.4.